The van der Waals surface area contributed by atoms with E-state index in [1.165, 1.54) is 5.56 Å². The summed E-state index contributed by atoms with van der Waals surface area (Å²) < 4.78 is 0. The topological polar surface area (TPSA) is 26.0 Å². The number of nitrogens with two attached hydrogens (primary N) is 1. The standard InChI is InChI=1S/C10H8ClNS/c11-9-5-7(1-2-10(9)12)8-3-4-13-6-8/h1-6H,12H2. The van der Waals surface area contributed by atoms with Gasteiger partial charge in [0, 0.05) is 0 Å². The van der Waals surface area contributed by atoms with E-state index < -0.39 is 0 Å². The van der Waals surface area contributed by atoms with E-state index in [1.54, 1.807) is 11.3 Å². The Balaban J connectivity index is 2.49. The highest BCUT2D eigenvalue weighted by Crippen LogP contribution is 2.27. The highest BCUT2D eigenvalue weighted by molar-refractivity contribution is 7.08. The van der Waals surface area contributed by atoms with Crippen LogP contribution in [0.3, 0.4) is 0 Å². The average Bonchev–Trinajstić information content (AvgIpc) is 2.62. The summed E-state index contributed by atoms with van der Waals surface area (Å²) in [6.45, 7) is 0. The van der Waals surface area contributed by atoms with Crippen LogP contribution in [0.2, 0.25) is 5.02 Å². The van der Waals surface area contributed by atoms with Crippen LogP contribution in [0.1, 0.15) is 0 Å². The molecule has 2 aromatic rings. The fourth-order valence-corrected chi connectivity index (χ4v) is 1.98. The average molecular weight is 210 g/mol. The fraction of sp³-hybridized carbons (Fsp3) is 0. The van der Waals surface area contributed by atoms with Crippen LogP contribution in [0.15, 0.2) is 35.0 Å². The molecule has 0 unspecified atom stereocenters. The summed E-state index contributed by atoms with van der Waals surface area (Å²) in [6, 6.07) is 7.75. The maximum atomic E-state index is 5.91. The molecule has 1 nitrogen and oxygen atoms in total. The lowest BCUT2D eigenvalue weighted by molar-refractivity contribution is 1.66. The minimum atomic E-state index is 0.615. The third-order valence-corrected chi connectivity index (χ3v) is 2.87. The summed E-state index contributed by atoms with van der Waals surface area (Å²) in [7, 11) is 0. The highest BCUT2D eigenvalue weighted by Gasteiger charge is 2.00. The van der Waals surface area contributed by atoms with Crippen LogP contribution in [-0.2, 0) is 0 Å². The summed E-state index contributed by atoms with van der Waals surface area (Å²) >= 11 is 7.58. The molecular formula is C10H8ClNS. The molecule has 1 aromatic carbocycles. The molecule has 0 aliphatic carbocycles. The van der Waals surface area contributed by atoms with E-state index in [0.29, 0.717) is 10.7 Å². The molecule has 0 bridgehead atoms. The van der Waals surface area contributed by atoms with Gasteiger partial charge in [-0.25, -0.2) is 0 Å². The maximum absolute atomic E-state index is 5.91. The summed E-state index contributed by atoms with van der Waals surface area (Å²) in [4.78, 5) is 0. The lowest BCUT2D eigenvalue weighted by atomic mass is 10.1. The molecule has 2 rings (SSSR count). The smallest absolute Gasteiger partial charge is 0.0641 e. The molecule has 0 saturated carbocycles. The Labute approximate surface area is 85.8 Å². The van der Waals surface area contributed by atoms with E-state index in [0.717, 1.165) is 5.56 Å². The van der Waals surface area contributed by atoms with Gasteiger partial charge in [-0.2, -0.15) is 11.3 Å². The van der Waals surface area contributed by atoms with Gasteiger partial charge in [-0.3, -0.25) is 0 Å². The minimum absolute atomic E-state index is 0.615. The predicted octanol–water partition coefficient (Wildman–Crippen LogP) is 3.65. The minimum Gasteiger partial charge on any atom is -0.398 e. The van der Waals surface area contributed by atoms with Crippen molar-refractivity contribution in [2.45, 2.75) is 0 Å². The number of halogens is 1. The SMILES string of the molecule is Nc1ccc(-c2ccsc2)cc1Cl. The Morgan fingerprint density at radius 2 is 2.00 bits per heavy atom. The van der Waals surface area contributed by atoms with Gasteiger partial charge in [0.25, 0.3) is 0 Å². The quantitative estimate of drug-likeness (QED) is 0.713. The van der Waals surface area contributed by atoms with Gasteiger partial charge in [-0.15, -0.1) is 0 Å². The molecule has 66 valence electrons. The molecule has 1 aromatic heterocycles. The van der Waals surface area contributed by atoms with Crippen LogP contribution in [-0.4, -0.2) is 0 Å². The van der Waals surface area contributed by atoms with Gasteiger partial charge in [-0.1, -0.05) is 17.7 Å². The van der Waals surface area contributed by atoms with Crippen LogP contribution in [0.25, 0.3) is 11.1 Å². The molecule has 1 heterocycles. The van der Waals surface area contributed by atoms with E-state index in [1.807, 2.05) is 23.6 Å². The molecule has 13 heavy (non-hydrogen) atoms. The first-order valence-corrected chi connectivity index (χ1v) is 5.17. The first-order chi connectivity index (χ1) is 6.27. The molecule has 0 saturated heterocycles. The molecule has 0 aliphatic rings. The van der Waals surface area contributed by atoms with Crippen LogP contribution >= 0.6 is 22.9 Å². The van der Waals surface area contributed by atoms with Crippen molar-refractivity contribution in [3.05, 3.63) is 40.0 Å². The molecule has 0 radical (unpaired) electrons. The Morgan fingerprint density at radius 3 is 2.62 bits per heavy atom. The Bertz CT molecular complexity index is 409. The van der Waals surface area contributed by atoms with Crippen molar-refractivity contribution in [3.63, 3.8) is 0 Å². The Kier molecular flexibility index (Phi) is 2.25. The van der Waals surface area contributed by atoms with Crippen molar-refractivity contribution in [2.75, 3.05) is 5.73 Å². The summed E-state index contributed by atoms with van der Waals surface area (Å²) in [5.41, 5.74) is 8.54. The second-order valence-corrected chi connectivity index (χ2v) is 3.94. The predicted molar refractivity (Wildman–Crippen MR) is 59.2 cm³/mol. The number of rotatable bonds is 1. The Morgan fingerprint density at radius 1 is 1.15 bits per heavy atom. The van der Waals surface area contributed by atoms with Crippen LogP contribution in [0.5, 0.6) is 0 Å². The van der Waals surface area contributed by atoms with Crippen molar-refractivity contribution in [1.29, 1.82) is 0 Å². The molecule has 0 aliphatic heterocycles. The first kappa shape index (κ1) is 8.60. The van der Waals surface area contributed by atoms with E-state index in [9.17, 15) is 0 Å². The van der Waals surface area contributed by atoms with Crippen molar-refractivity contribution in [1.82, 2.24) is 0 Å². The maximum Gasteiger partial charge on any atom is 0.0641 e. The van der Waals surface area contributed by atoms with Gasteiger partial charge >= 0.3 is 0 Å². The van der Waals surface area contributed by atoms with Crippen molar-refractivity contribution < 1.29 is 0 Å². The van der Waals surface area contributed by atoms with Gasteiger partial charge in [0.15, 0.2) is 0 Å². The molecule has 0 atom stereocenters. The van der Waals surface area contributed by atoms with Gasteiger partial charge < -0.3 is 5.73 Å². The van der Waals surface area contributed by atoms with Crippen LogP contribution < -0.4 is 5.73 Å². The Hall–Kier alpha value is -0.990. The van der Waals surface area contributed by atoms with Crippen molar-refractivity contribution >= 4 is 28.6 Å². The lowest BCUT2D eigenvalue weighted by Crippen LogP contribution is -1.85. The largest absolute Gasteiger partial charge is 0.398 e. The molecule has 0 fully saturated rings. The van der Waals surface area contributed by atoms with Gasteiger partial charge in [0.1, 0.15) is 0 Å². The monoisotopic (exact) mass is 209 g/mol. The number of hydrogen-bond acceptors (Lipinski definition) is 2. The third-order valence-electron chi connectivity index (χ3n) is 1.85. The van der Waals surface area contributed by atoms with Crippen molar-refractivity contribution in [3.8, 4) is 11.1 Å². The molecule has 3 heteroatoms. The number of thiophene rings is 1. The zero-order valence-corrected chi connectivity index (χ0v) is 8.40. The van der Waals surface area contributed by atoms with Gasteiger partial charge in [0.05, 0.1) is 10.7 Å². The molecule has 0 spiro atoms. The summed E-state index contributed by atoms with van der Waals surface area (Å²) in [5.74, 6) is 0. The third kappa shape index (κ3) is 1.69. The van der Waals surface area contributed by atoms with E-state index in [4.69, 9.17) is 17.3 Å². The molecule has 2 N–H and O–H groups in total. The zero-order valence-electron chi connectivity index (χ0n) is 6.83. The zero-order chi connectivity index (χ0) is 9.26. The number of benzene rings is 1. The number of nitrogen functional groups attached to an aromatic ring is 1. The fourth-order valence-electron chi connectivity index (χ4n) is 1.14. The van der Waals surface area contributed by atoms with Crippen LogP contribution in [0.4, 0.5) is 5.69 Å². The molecular weight excluding hydrogens is 202 g/mol. The van der Waals surface area contributed by atoms with E-state index in [-0.39, 0.29) is 0 Å². The van der Waals surface area contributed by atoms with Gasteiger partial charge in [-0.05, 0) is 40.1 Å². The second kappa shape index (κ2) is 3.40. The summed E-state index contributed by atoms with van der Waals surface area (Å²) in [6.07, 6.45) is 0. The van der Waals surface area contributed by atoms with Crippen LogP contribution in [0, 0.1) is 0 Å². The first-order valence-electron chi connectivity index (χ1n) is 3.85. The second-order valence-electron chi connectivity index (χ2n) is 2.75. The highest BCUT2D eigenvalue weighted by atomic mass is 35.5. The number of hydrogen-bond donors (Lipinski definition) is 1. The van der Waals surface area contributed by atoms with Crippen molar-refractivity contribution in [2.24, 2.45) is 0 Å². The summed E-state index contributed by atoms with van der Waals surface area (Å²) in [5, 5.41) is 4.74. The lowest BCUT2D eigenvalue weighted by Gasteiger charge is -2.00. The van der Waals surface area contributed by atoms with Gasteiger partial charge in [0.2, 0.25) is 0 Å². The normalized spacial score (nSPS) is 10.2. The van der Waals surface area contributed by atoms with E-state index >= 15 is 0 Å². The van der Waals surface area contributed by atoms with E-state index in [2.05, 4.69) is 11.4 Å². The number of anilines is 1. The molecule has 0 amide bonds.